The molecule has 1 aromatic carbocycles. The molecule has 0 fully saturated rings. The molecule has 7 heteroatoms. The summed E-state index contributed by atoms with van der Waals surface area (Å²) in [5, 5.41) is 0. The van der Waals surface area contributed by atoms with Crippen molar-refractivity contribution < 1.29 is 26.1 Å². The predicted molar refractivity (Wildman–Crippen MR) is 57.4 cm³/mol. The van der Waals surface area contributed by atoms with Crippen molar-refractivity contribution in [2.24, 2.45) is 0 Å². The van der Waals surface area contributed by atoms with Gasteiger partial charge in [0.15, 0.2) is 0 Å². The summed E-state index contributed by atoms with van der Waals surface area (Å²) in [4.78, 5) is 0. The minimum Gasteiger partial charge on any atom is -0.434 e. The van der Waals surface area contributed by atoms with Crippen LogP contribution >= 0.6 is 0 Å². The van der Waals surface area contributed by atoms with Crippen LogP contribution < -0.4 is 4.74 Å². The lowest BCUT2D eigenvalue weighted by atomic mass is 10.1. The number of halogens is 2. The van der Waals surface area contributed by atoms with Crippen LogP contribution in [0.15, 0.2) is 24.3 Å². The Bertz CT molecular complexity index is 473. The average Bonchev–Trinajstić information content (AvgIpc) is 2.14. The largest absolute Gasteiger partial charge is 0.434 e. The molecule has 4 nitrogen and oxygen atoms in total. The van der Waals surface area contributed by atoms with Crippen molar-refractivity contribution in [3.8, 4) is 5.75 Å². The average molecular weight is 266 g/mol. The summed E-state index contributed by atoms with van der Waals surface area (Å²) in [5.41, 5.74) is 0.248. The van der Waals surface area contributed by atoms with Crippen molar-refractivity contribution in [3.63, 3.8) is 0 Å². The highest BCUT2D eigenvalue weighted by Crippen LogP contribution is 2.29. The normalized spacial score (nSPS) is 13.7. The van der Waals surface area contributed by atoms with Crippen LogP contribution in [0.1, 0.15) is 18.6 Å². The molecule has 0 amide bonds. The van der Waals surface area contributed by atoms with Crippen LogP contribution in [-0.4, -0.2) is 21.3 Å². The lowest BCUT2D eigenvalue weighted by molar-refractivity contribution is -0.0511. The molecule has 0 spiro atoms. The maximum atomic E-state index is 12.1. The van der Waals surface area contributed by atoms with Crippen molar-refractivity contribution in [2.45, 2.75) is 19.6 Å². The molecule has 0 saturated carbocycles. The molecule has 0 aliphatic heterocycles. The van der Waals surface area contributed by atoms with Gasteiger partial charge in [0.1, 0.15) is 11.9 Å². The molecule has 1 rings (SSSR count). The van der Waals surface area contributed by atoms with Crippen molar-refractivity contribution in [1.29, 1.82) is 0 Å². The topological polar surface area (TPSA) is 52.6 Å². The molecular weight excluding hydrogens is 254 g/mol. The first-order valence-electron chi connectivity index (χ1n) is 4.71. The number of para-hydroxylation sites is 1. The first-order chi connectivity index (χ1) is 7.79. The molecule has 96 valence electrons. The van der Waals surface area contributed by atoms with Crippen molar-refractivity contribution >= 4 is 10.1 Å². The summed E-state index contributed by atoms with van der Waals surface area (Å²) in [6.45, 7) is -1.53. The van der Waals surface area contributed by atoms with Crippen LogP contribution in [0.2, 0.25) is 0 Å². The minimum absolute atomic E-state index is 0.0985. The number of hydrogen-bond acceptors (Lipinski definition) is 4. The van der Waals surface area contributed by atoms with E-state index < -0.39 is 22.8 Å². The molecule has 0 aliphatic carbocycles. The van der Waals surface area contributed by atoms with E-state index in [9.17, 15) is 17.2 Å². The minimum atomic E-state index is -3.66. The van der Waals surface area contributed by atoms with E-state index in [-0.39, 0.29) is 11.3 Å². The van der Waals surface area contributed by atoms with Crippen molar-refractivity contribution in [3.05, 3.63) is 29.8 Å². The Hall–Kier alpha value is -1.21. The Balaban J connectivity index is 2.96. The Morgan fingerprint density at radius 3 is 2.35 bits per heavy atom. The zero-order valence-corrected chi connectivity index (χ0v) is 10.1. The third-order valence-electron chi connectivity index (χ3n) is 1.89. The monoisotopic (exact) mass is 266 g/mol. The number of alkyl halides is 2. The summed E-state index contributed by atoms with van der Waals surface area (Å²) in [7, 11) is -3.66. The van der Waals surface area contributed by atoms with Gasteiger partial charge in [-0.25, -0.2) is 0 Å². The highest BCUT2D eigenvalue weighted by molar-refractivity contribution is 7.86. The Morgan fingerprint density at radius 2 is 1.82 bits per heavy atom. The first-order valence-corrected chi connectivity index (χ1v) is 6.53. The molecule has 0 aromatic heterocycles. The summed E-state index contributed by atoms with van der Waals surface area (Å²) >= 11 is 0. The number of ether oxygens (including phenoxy) is 1. The van der Waals surface area contributed by atoms with E-state index in [0.29, 0.717) is 0 Å². The summed E-state index contributed by atoms with van der Waals surface area (Å²) in [6, 6.07) is 5.88. The Kier molecular flexibility index (Phi) is 4.41. The lowest BCUT2D eigenvalue weighted by Gasteiger charge is -2.15. The van der Waals surface area contributed by atoms with Crippen LogP contribution in [-0.2, 0) is 14.3 Å². The van der Waals surface area contributed by atoms with Crippen molar-refractivity contribution in [1.82, 2.24) is 0 Å². The lowest BCUT2D eigenvalue weighted by Crippen LogP contribution is -2.10. The molecule has 17 heavy (non-hydrogen) atoms. The maximum absolute atomic E-state index is 12.1. The molecule has 0 N–H and O–H groups in total. The van der Waals surface area contributed by atoms with Gasteiger partial charge in [-0.1, -0.05) is 18.2 Å². The van der Waals surface area contributed by atoms with Crippen LogP contribution in [0.3, 0.4) is 0 Å². The fourth-order valence-corrected chi connectivity index (χ4v) is 1.96. The van der Waals surface area contributed by atoms with Crippen LogP contribution in [0.25, 0.3) is 0 Å². The second-order valence-electron chi connectivity index (χ2n) is 3.36. The molecule has 1 atom stereocenters. The second kappa shape index (κ2) is 5.42. The van der Waals surface area contributed by atoms with E-state index >= 15 is 0 Å². The number of rotatable bonds is 5. The predicted octanol–water partition coefficient (Wildman–Crippen LogP) is 2.33. The van der Waals surface area contributed by atoms with Gasteiger partial charge >= 0.3 is 6.61 Å². The summed E-state index contributed by atoms with van der Waals surface area (Å²) in [6.07, 6.45) is 0.0000359. The summed E-state index contributed by atoms with van der Waals surface area (Å²) < 4.78 is 55.1. The standard InChI is InChI=1S/C10H12F2O4S/c1-7(16-17(2,13)14)8-5-3-4-6-9(8)15-10(11)12/h3-7,10H,1-2H3. The highest BCUT2D eigenvalue weighted by Gasteiger charge is 2.18. The third kappa shape index (κ3) is 4.66. The van der Waals surface area contributed by atoms with E-state index in [1.807, 2.05) is 0 Å². The molecular formula is C10H12F2O4S. The van der Waals surface area contributed by atoms with Gasteiger partial charge in [0.2, 0.25) is 0 Å². The van der Waals surface area contributed by atoms with E-state index in [2.05, 4.69) is 4.74 Å². The van der Waals surface area contributed by atoms with Crippen LogP contribution in [0, 0.1) is 0 Å². The highest BCUT2D eigenvalue weighted by atomic mass is 32.2. The maximum Gasteiger partial charge on any atom is 0.387 e. The fraction of sp³-hybridized carbons (Fsp3) is 0.400. The Morgan fingerprint density at radius 1 is 1.24 bits per heavy atom. The van der Waals surface area contributed by atoms with E-state index in [4.69, 9.17) is 4.18 Å². The zero-order chi connectivity index (χ0) is 13.1. The second-order valence-corrected chi connectivity index (χ2v) is 4.96. The van der Waals surface area contributed by atoms with Gasteiger partial charge in [-0.15, -0.1) is 0 Å². The number of hydrogen-bond donors (Lipinski definition) is 0. The van der Waals surface area contributed by atoms with Gasteiger partial charge in [0.25, 0.3) is 10.1 Å². The van der Waals surface area contributed by atoms with Crippen LogP contribution in [0.4, 0.5) is 8.78 Å². The smallest absolute Gasteiger partial charge is 0.387 e. The molecule has 0 aliphatic rings. The SMILES string of the molecule is CC(OS(C)(=O)=O)c1ccccc1OC(F)F. The van der Waals surface area contributed by atoms with E-state index in [1.165, 1.54) is 25.1 Å². The molecule has 1 unspecified atom stereocenters. The van der Waals surface area contributed by atoms with Gasteiger partial charge in [0.05, 0.1) is 6.26 Å². The molecule has 0 radical (unpaired) electrons. The van der Waals surface area contributed by atoms with Gasteiger partial charge in [-0.2, -0.15) is 17.2 Å². The van der Waals surface area contributed by atoms with Gasteiger partial charge in [-0.3, -0.25) is 4.18 Å². The third-order valence-corrected chi connectivity index (χ3v) is 2.53. The molecule has 0 heterocycles. The van der Waals surface area contributed by atoms with E-state index in [0.717, 1.165) is 6.26 Å². The Labute approximate surface area is 98.3 Å². The molecule has 0 saturated heterocycles. The quantitative estimate of drug-likeness (QED) is 0.767. The van der Waals surface area contributed by atoms with Gasteiger partial charge in [-0.05, 0) is 13.0 Å². The molecule has 1 aromatic rings. The first kappa shape index (κ1) is 13.9. The fourth-order valence-electron chi connectivity index (χ4n) is 1.33. The van der Waals surface area contributed by atoms with Crippen LogP contribution in [0.5, 0.6) is 5.75 Å². The summed E-state index contributed by atoms with van der Waals surface area (Å²) in [5.74, 6) is -0.0985. The van der Waals surface area contributed by atoms with Crippen molar-refractivity contribution in [2.75, 3.05) is 6.26 Å². The zero-order valence-electron chi connectivity index (χ0n) is 9.26. The van der Waals surface area contributed by atoms with E-state index in [1.54, 1.807) is 6.07 Å². The number of benzene rings is 1. The van der Waals surface area contributed by atoms with Gasteiger partial charge < -0.3 is 4.74 Å². The van der Waals surface area contributed by atoms with Gasteiger partial charge in [0, 0.05) is 5.56 Å². The molecule has 0 bridgehead atoms.